The maximum atomic E-state index is 4.35. The van der Waals surface area contributed by atoms with Crippen LogP contribution < -0.4 is 0 Å². The van der Waals surface area contributed by atoms with E-state index in [9.17, 15) is 0 Å². The van der Waals surface area contributed by atoms with Crippen LogP contribution in [0.1, 0.15) is 33.9 Å². The normalized spacial score (nSPS) is 14.6. The number of hydrogen-bond donors (Lipinski definition) is 0. The van der Waals surface area contributed by atoms with Crippen LogP contribution in [0.2, 0.25) is 0 Å². The Labute approximate surface area is 162 Å². The van der Waals surface area contributed by atoms with Gasteiger partial charge in [0, 0.05) is 0 Å². The quantitative estimate of drug-likeness (QED) is 0.487. The van der Waals surface area contributed by atoms with Crippen molar-refractivity contribution in [3.63, 3.8) is 0 Å². The molecule has 6 nitrogen and oxygen atoms in total. The molecule has 0 amide bonds. The second-order valence-corrected chi connectivity index (χ2v) is 6.67. The van der Waals surface area contributed by atoms with Crippen LogP contribution in [0.5, 0.6) is 0 Å². The van der Waals surface area contributed by atoms with E-state index in [0.29, 0.717) is 13.1 Å². The third-order valence-electron chi connectivity index (χ3n) is 4.75. The topological polar surface area (TPSA) is 61.4 Å². The molecule has 0 spiro atoms. The standard InChI is InChI=1S/C22H18N6/c1-3-7-17(8-4-1)15-27-21-13-11-20-22(14-12-19(21)23-25-27)28(26-24-20)16-18-9-5-2-6-10-18/h1-14H,15-16H2/b13-11-,14-12-,19-12?,20-11?,21-13?,22-14?. The SMILES string of the molecule is C1=C\c2c(nnn2Cc2ccccc2)/C=C\c2c/1nnn2Cc1ccccc1. The summed E-state index contributed by atoms with van der Waals surface area (Å²) < 4.78 is 3.82. The zero-order valence-corrected chi connectivity index (χ0v) is 15.2. The van der Waals surface area contributed by atoms with Gasteiger partial charge in [0.1, 0.15) is 11.4 Å². The van der Waals surface area contributed by atoms with Crippen molar-refractivity contribution in [1.29, 1.82) is 0 Å². The van der Waals surface area contributed by atoms with Crippen LogP contribution in [-0.2, 0) is 13.1 Å². The molecule has 2 aromatic carbocycles. The minimum atomic E-state index is 0.676. The third-order valence-corrected chi connectivity index (χ3v) is 4.75. The van der Waals surface area contributed by atoms with Gasteiger partial charge in [0.15, 0.2) is 0 Å². The van der Waals surface area contributed by atoms with Crippen molar-refractivity contribution in [2.24, 2.45) is 0 Å². The van der Waals surface area contributed by atoms with Crippen molar-refractivity contribution in [3.8, 4) is 0 Å². The van der Waals surface area contributed by atoms with Gasteiger partial charge in [0.2, 0.25) is 0 Å². The molecule has 0 saturated carbocycles. The monoisotopic (exact) mass is 366 g/mol. The molecule has 136 valence electrons. The molecule has 2 heterocycles. The molecule has 1 aliphatic carbocycles. The molecule has 2 aromatic heterocycles. The summed E-state index contributed by atoms with van der Waals surface area (Å²) >= 11 is 0. The van der Waals surface area contributed by atoms with Gasteiger partial charge in [0.05, 0.1) is 24.5 Å². The van der Waals surface area contributed by atoms with Gasteiger partial charge in [-0.3, -0.25) is 0 Å². The highest BCUT2D eigenvalue weighted by atomic mass is 15.4. The van der Waals surface area contributed by atoms with E-state index in [4.69, 9.17) is 0 Å². The molecule has 0 bridgehead atoms. The molecule has 4 aromatic rings. The minimum absolute atomic E-state index is 0.676. The van der Waals surface area contributed by atoms with Crippen LogP contribution in [0.4, 0.5) is 0 Å². The first-order chi connectivity index (χ1) is 13.9. The van der Waals surface area contributed by atoms with Crippen molar-refractivity contribution < 1.29 is 0 Å². The fourth-order valence-corrected chi connectivity index (χ4v) is 3.31. The van der Waals surface area contributed by atoms with E-state index in [1.165, 1.54) is 11.1 Å². The first-order valence-electron chi connectivity index (χ1n) is 9.18. The maximum absolute atomic E-state index is 4.35. The highest BCUT2D eigenvalue weighted by Crippen LogP contribution is 2.21. The van der Waals surface area contributed by atoms with E-state index in [1.54, 1.807) is 0 Å². The lowest BCUT2D eigenvalue weighted by Gasteiger charge is -2.06. The Kier molecular flexibility index (Phi) is 4.14. The predicted octanol–water partition coefficient (Wildman–Crippen LogP) is 3.62. The summed E-state index contributed by atoms with van der Waals surface area (Å²) in [4.78, 5) is 0. The Morgan fingerprint density at radius 2 is 0.964 bits per heavy atom. The van der Waals surface area contributed by atoms with Gasteiger partial charge in [-0.25, -0.2) is 9.36 Å². The number of rotatable bonds is 4. The average Bonchev–Trinajstić information content (AvgIpc) is 3.27. The van der Waals surface area contributed by atoms with E-state index >= 15 is 0 Å². The predicted molar refractivity (Wildman–Crippen MR) is 109 cm³/mol. The van der Waals surface area contributed by atoms with E-state index in [1.807, 2.05) is 70.1 Å². The molecule has 0 unspecified atom stereocenters. The molecule has 5 rings (SSSR count). The van der Waals surface area contributed by atoms with Crippen LogP contribution in [0.3, 0.4) is 0 Å². The molecular weight excluding hydrogens is 348 g/mol. The zero-order valence-electron chi connectivity index (χ0n) is 15.2. The summed E-state index contributed by atoms with van der Waals surface area (Å²) in [6.45, 7) is 1.35. The molecule has 0 aliphatic heterocycles. The third kappa shape index (κ3) is 3.16. The lowest BCUT2D eigenvalue weighted by Crippen LogP contribution is -2.05. The van der Waals surface area contributed by atoms with Gasteiger partial charge in [0.25, 0.3) is 0 Å². The fourth-order valence-electron chi connectivity index (χ4n) is 3.31. The van der Waals surface area contributed by atoms with Gasteiger partial charge in [-0.2, -0.15) is 0 Å². The molecule has 0 radical (unpaired) electrons. The molecule has 1 aliphatic rings. The Balaban J connectivity index is 1.46. The van der Waals surface area contributed by atoms with Gasteiger partial charge < -0.3 is 0 Å². The van der Waals surface area contributed by atoms with Crippen LogP contribution in [0, 0.1) is 0 Å². The highest BCUT2D eigenvalue weighted by molar-refractivity contribution is 5.81. The summed E-state index contributed by atoms with van der Waals surface area (Å²) in [5.41, 5.74) is 5.97. The average molecular weight is 366 g/mol. The number of aromatic nitrogens is 6. The van der Waals surface area contributed by atoms with Crippen molar-refractivity contribution in [2.75, 3.05) is 0 Å². The van der Waals surface area contributed by atoms with Crippen molar-refractivity contribution >= 4 is 24.3 Å². The van der Waals surface area contributed by atoms with E-state index in [0.717, 1.165) is 22.8 Å². The summed E-state index contributed by atoms with van der Waals surface area (Å²) in [7, 11) is 0. The number of benzene rings is 2. The summed E-state index contributed by atoms with van der Waals surface area (Å²) in [5, 5.41) is 17.4. The first kappa shape index (κ1) is 16.4. The lowest BCUT2D eigenvalue weighted by molar-refractivity contribution is 0.644. The molecule has 6 heteroatoms. The highest BCUT2D eigenvalue weighted by Gasteiger charge is 2.14. The lowest BCUT2D eigenvalue weighted by atomic mass is 10.1. The van der Waals surface area contributed by atoms with E-state index in [-0.39, 0.29) is 0 Å². The van der Waals surface area contributed by atoms with Crippen molar-refractivity contribution in [2.45, 2.75) is 13.1 Å². The first-order valence-corrected chi connectivity index (χ1v) is 9.18. The van der Waals surface area contributed by atoms with Crippen molar-refractivity contribution in [1.82, 2.24) is 30.0 Å². The number of nitrogens with zero attached hydrogens (tertiary/aromatic N) is 6. The summed E-state index contributed by atoms with van der Waals surface area (Å²) in [5.74, 6) is 0. The fraction of sp³-hybridized carbons (Fsp3) is 0.0909. The van der Waals surface area contributed by atoms with E-state index in [2.05, 4.69) is 44.9 Å². The molecule has 0 fully saturated rings. The molecule has 0 saturated heterocycles. The zero-order chi connectivity index (χ0) is 18.8. The molecule has 0 atom stereocenters. The Hall–Kier alpha value is -3.80. The van der Waals surface area contributed by atoms with Gasteiger partial charge in [-0.15, -0.1) is 10.2 Å². The Morgan fingerprint density at radius 3 is 1.39 bits per heavy atom. The number of hydrogen-bond acceptors (Lipinski definition) is 4. The maximum Gasteiger partial charge on any atom is 0.113 e. The smallest absolute Gasteiger partial charge is 0.113 e. The van der Waals surface area contributed by atoms with Crippen LogP contribution in [-0.4, -0.2) is 30.0 Å². The van der Waals surface area contributed by atoms with Crippen LogP contribution >= 0.6 is 0 Å². The molecule has 0 N–H and O–H groups in total. The number of fused-ring (bicyclic) bond motifs is 2. The van der Waals surface area contributed by atoms with Gasteiger partial charge in [-0.05, 0) is 35.4 Å². The van der Waals surface area contributed by atoms with Crippen molar-refractivity contribution in [3.05, 3.63) is 94.6 Å². The van der Waals surface area contributed by atoms with Gasteiger partial charge in [-0.1, -0.05) is 71.1 Å². The van der Waals surface area contributed by atoms with Crippen LogP contribution in [0.15, 0.2) is 60.7 Å². The second-order valence-electron chi connectivity index (χ2n) is 6.67. The second kappa shape index (κ2) is 7.08. The Bertz CT molecular complexity index is 1060. The minimum Gasteiger partial charge on any atom is -0.240 e. The molecular formula is C22H18N6. The Morgan fingerprint density at radius 1 is 0.536 bits per heavy atom. The van der Waals surface area contributed by atoms with Crippen LogP contribution in [0.25, 0.3) is 24.3 Å². The van der Waals surface area contributed by atoms with Gasteiger partial charge >= 0.3 is 0 Å². The molecule has 28 heavy (non-hydrogen) atoms. The summed E-state index contributed by atoms with van der Waals surface area (Å²) in [6.07, 6.45) is 8.00. The van der Waals surface area contributed by atoms with E-state index < -0.39 is 0 Å². The largest absolute Gasteiger partial charge is 0.240 e. The summed E-state index contributed by atoms with van der Waals surface area (Å²) in [6, 6.07) is 20.5.